The van der Waals surface area contributed by atoms with Gasteiger partial charge in [-0.1, -0.05) is 71.6 Å². The Morgan fingerprint density at radius 3 is 2.00 bits per heavy atom. The number of hydrogen-bond donors (Lipinski definition) is 2. The molecule has 0 radical (unpaired) electrons. The second kappa shape index (κ2) is 17.6. The number of esters is 1. The highest BCUT2D eigenvalue weighted by Crippen LogP contribution is 2.12. The molecule has 0 aliphatic rings. The minimum absolute atomic E-state index is 0.128. The van der Waals surface area contributed by atoms with Gasteiger partial charge in [-0.3, -0.25) is 4.79 Å². The fourth-order valence-electron chi connectivity index (χ4n) is 2.74. The highest BCUT2D eigenvalue weighted by Gasteiger charge is 2.03. The molecule has 0 aromatic carbocycles. The molecule has 0 heterocycles. The fraction of sp³-hybridized carbons (Fsp3) is 0.900. The smallest absolute Gasteiger partial charge is 0.404 e. The van der Waals surface area contributed by atoms with Crippen molar-refractivity contribution < 1.29 is 19.4 Å². The largest absolute Gasteiger partial charge is 0.466 e. The van der Waals surface area contributed by atoms with Crippen LogP contribution in [0.5, 0.6) is 0 Å². The quantitative estimate of drug-likeness (QED) is 0.265. The lowest BCUT2D eigenvalue weighted by Crippen LogP contribution is -2.21. The average molecular weight is 358 g/mol. The van der Waals surface area contributed by atoms with Crippen LogP contribution < -0.4 is 5.32 Å². The third-order valence-electron chi connectivity index (χ3n) is 4.27. The molecule has 1 amide bonds. The number of carbonyl (C=O) groups excluding carboxylic acids is 1. The lowest BCUT2D eigenvalue weighted by molar-refractivity contribution is -0.143. The van der Waals surface area contributed by atoms with Crippen LogP contribution >= 0.6 is 0 Å². The molecule has 0 saturated carbocycles. The molecule has 0 aliphatic carbocycles. The van der Waals surface area contributed by atoms with Gasteiger partial charge in [0.15, 0.2) is 0 Å². The molecular weight excluding hydrogens is 318 g/mol. The van der Waals surface area contributed by atoms with E-state index < -0.39 is 6.09 Å². The summed E-state index contributed by atoms with van der Waals surface area (Å²) in [6.07, 6.45) is 13.2. The zero-order valence-corrected chi connectivity index (χ0v) is 16.4. The molecule has 0 aromatic heterocycles. The van der Waals surface area contributed by atoms with Gasteiger partial charge < -0.3 is 15.2 Å². The number of carbonyl (C=O) groups is 2. The van der Waals surface area contributed by atoms with Gasteiger partial charge in [-0.2, -0.15) is 0 Å². The highest BCUT2D eigenvalue weighted by atomic mass is 16.5. The Balaban J connectivity index is 3.18. The summed E-state index contributed by atoms with van der Waals surface area (Å²) >= 11 is 0. The van der Waals surface area contributed by atoms with E-state index in [0.29, 0.717) is 19.6 Å². The van der Waals surface area contributed by atoms with Crippen LogP contribution in [0.15, 0.2) is 0 Å². The fourth-order valence-corrected chi connectivity index (χ4v) is 2.74. The van der Waals surface area contributed by atoms with Crippen LogP contribution in [0.2, 0.25) is 0 Å². The first-order valence-corrected chi connectivity index (χ1v) is 10.1. The summed E-state index contributed by atoms with van der Waals surface area (Å²) in [6.45, 7) is 5.55. The predicted molar refractivity (Wildman–Crippen MR) is 102 cm³/mol. The molecular formula is C20H39NO4. The second-order valence-corrected chi connectivity index (χ2v) is 7.27. The summed E-state index contributed by atoms with van der Waals surface area (Å²) in [7, 11) is 0. The first-order chi connectivity index (χ1) is 12.0. The maximum atomic E-state index is 11.5. The number of nitrogens with one attached hydrogen (secondary N) is 1. The van der Waals surface area contributed by atoms with Crippen molar-refractivity contribution >= 4 is 12.1 Å². The van der Waals surface area contributed by atoms with Gasteiger partial charge in [0.25, 0.3) is 0 Å². The zero-order valence-electron chi connectivity index (χ0n) is 16.4. The van der Waals surface area contributed by atoms with Crippen LogP contribution in [-0.4, -0.2) is 30.3 Å². The zero-order chi connectivity index (χ0) is 18.8. The van der Waals surface area contributed by atoms with Crippen LogP contribution in [0, 0.1) is 5.92 Å². The Morgan fingerprint density at radius 2 is 1.40 bits per heavy atom. The maximum Gasteiger partial charge on any atom is 0.404 e. The number of rotatable bonds is 17. The minimum Gasteiger partial charge on any atom is -0.466 e. The maximum absolute atomic E-state index is 11.5. The SMILES string of the molecule is CC(C)CCCCCCCCCCOC(=O)CCCCCNC(=O)O. The van der Waals surface area contributed by atoms with E-state index in [1.807, 2.05) is 0 Å². The van der Waals surface area contributed by atoms with Crippen LogP contribution in [0.4, 0.5) is 4.79 Å². The van der Waals surface area contributed by atoms with E-state index in [1.54, 1.807) is 0 Å². The number of ether oxygens (including phenoxy) is 1. The molecule has 0 bridgehead atoms. The highest BCUT2D eigenvalue weighted by molar-refractivity contribution is 5.69. The van der Waals surface area contributed by atoms with Gasteiger partial charge in [0, 0.05) is 13.0 Å². The first kappa shape index (κ1) is 23.7. The molecule has 0 saturated heterocycles. The summed E-state index contributed by atoms with van der Waals surface area (Å²) in [5, 5.41) is 10.7. The lowest BCUT2D eigenvalue weighted by Gasteiger charge is -2.06. The topological polar surface area (TPSA) is 75.6 Å². The Morgan fingerprint density at radius 1 is 0.840 bits per heavy atom. The molecule has 0 unspecified atom stereocenters. The van der Waals surface area contributed by atoms with Crippen molar-refractivity contribution in [3.8, 4) is 0 Å². The van der Waals surface area contributed by atoms with Gasteiger partial charge in [-0.15, -0.1) is 0 Å². The Labute approximate surface area is 153 Å². The van der Waals surface area contributed by atoms with Crippen LogP contribution in [0.25, 0.3) is 0 Å². The Hall–Kier alpha value is -1.26. The lowest BCUT2D eigenvalue weighted by atomic mass is 10.0. The van der Waals surface area contributed by atoms with Crippen molar-refractivity contribution in [1.82, 2.24) is 5.32 Å². The van der Waals surface area contributed by atoms with E-state index in [0.717, 1.165) is 38.0 Å². The molecule has 0 atom stereocenters. The van der Waals surface area contributed by atoms with Gasteiger partial charge >= 0.3 is 12.1 Å². The standard InChI is InChI=1S/C20H39NO4/c1-18(2)14-10-7-5-3-4-6-8-13-17-25-19(22)15-11-9-12-16-21-20(23)24/h18,21H,3-17H2,1-2H3,(H,23,24). The van der Waals surface area contributed by atoms with Crippen molar-refractivity contribution in [3.05, 3.63) is 0 Å². The minimum atomic E-state index is -0.995. The van der Waals surface area contributed by atoms with E-state index in [-0.39, 0.29) is 5.97 Å². The number of amides is 1. The van der Waals surface area contributed by atoms with E-state index in [4.69, 9.17) is 9.84 Å². The van der Waals surface area contributed by atoms with Gasteiger partial charge in [0.1, 0.15) is 0 Å². The molecule has 25 heavy (non-hydrogen) atoms. The van der Waals surface area contributed by atoms with Crippen LogP contribution in [-0.2, 0) is 9.53 Å². The summed E-state index contributed by atoms with van der Waals surface area (Å²) in [5.74, 6) is 0.702. The molecule has 2 N–H and O–H groups in total. The summed E-state index contributed by atoms with van der Waals surface area (Å²) in [6, 6.07) is 0. The number of hydrogen-bond acceptors (Lipinski definition) is 3. The van der Waals surface area contributed by atoms with E-state index in [2.05, 4.69) is 19.2 Å². The molecule has 0 spiro atoms. The average Bonchev–Trinajstić information content (AvgIpc) is 2.55. The van der Waals surface area contributed by atoms with Crippen LogP contribution in [0.1, 0.15) is 97.3 Å². The molecule has 0 fully saturated rings. The molecule has 5 heteroatoms. The first-order valence-electron chi connectivity index (χ1n) is 10.1. The summed E-state index contributed by atoms with van der Waals surface area (Å²) in [4.78, 5) is 21.8. The summed E-state index contributed by atoms with van der Waals surface area (Å²) < 4.78 is 5.22. The second-order valence-electron chi connectivity index (χ2n) is 7.27. The Bertz CT molecular complexity index is 332. The van der Waals surface area contributed by atoms with E-state index in [9.17, 15) is 9.59 Å². The van der Waals surface area contributed by atoms with Crippen LogP contribution in [0.3, 0.4) is 0 Å². The molecule has 0 rings (SSSR count). The van der Waals surface area contributed by atoms with Crippen molar-refractivity contribution in [2.75, 3.05) is 13.2 Å². The molecule has 0 aromatic rings. The number of carboxylic acid groups (broad SMARTS) is 1. The number of unbranched alkanes of at least 4 members (excludes halogenated alkanes) is 9. The molecule has 148 valence electrons. The van der Waals surface area contributed by atoms with E-state index in [1.165, 1.54) is 44.9 Å². The third-order valence-corrected chi connectivity index (χ3v) is 4.27. The van der Waals surface area contributed by atoms with Crippen molar-refractivity contribution in [2.24, 2.45) is 5.92 Å². The monoisotopic (exact) mass is 357 g/mol. The van der Waals surface area contributed by atoms with Gasteiger partial charge in [-0.05, 0) is 25.2 Å². The molecule has 0 aliphatic heterocycles. The van der Waals surface area contributed by atoms with Gasteiger partial charge in [0.05, 0.1) is 6.61 Å². The van der Waals surface area contributed by atoms with E-state index >= 15 is 0 Å². The van der Waals surface area contributed by atoms with Crippen molar-refractivity contribution in [1.29, 1.82) is 0 Å². The molecule has 5 nitrogen and oxygen atoms in total. The Kier molecular flexibility index (Phi) is 16.7. The third kappa shape index (κ3) is 20.7. The normalized spacial score (nSPS) is 10.8. The van der Waals surface area contributed by atoms with Gasteiger partial charge in [0.2, 0.25) is 0 Å². The summed E-state index contributed by atoms with van der Waals surface area (Å²) in [5.41, 5.74) is 0. The predicted octanol–water partition coefficient (Wildman–Crippen LogP) is 5.52. The van der Waals surface area contributed by atoms with Crippen molar-refractivity contribution in [2.45, 2.75) is 97.3 Å². The van der Waals surface area contributed by atoms with Gasteiger partial charge in [-0.25, -0.2) is 4.79 Å². The van der Waals surface area contributed by atoms with Crippen molar-refractivity contribution in [3.63, 3.8) is 0 Å².